The molecule has 7 heteroatoms. The van der Waals surface area contributed by atoms with Gasteiger partial charge in [0.2, 0.25) is 10.0 Å². The van der Waals surface area contributed by atoms with E-state index in [1.165, 1.54) is 25.7 Å². The summed E-state index contributed by atoms with van der Waals surface area (Å²) in [6, 6.07) is 3.17. The van der Waals surface area contributed by atoms with Crippen molar-refractivity contribution in [3.05, 3.63) is 29.8 Å². The molecule has 134 valence electrons. The van der Waals surface area contributed by atoms with Crippen molar-refractivity contribution < 1.29 is 17.2 Å². The van der Waals surface area contributed by atoms with Crippen molar-refractivity contribution in [2.24, 2.45) is 5.92 Å². The molecule has 1 aliphatic heterocycles. The van der Waals surface area contributed by atoms with Gasteiger partial charge in [-0.15, -0.1) is 0 Å². The Hall–Kier alpha value is -1.05. The van der Waals surface area contributed by atoms with E-state index in [1.54, 1.807) is 0 Å². The fourth-order valence-electron chi connectivity index (χ4n) is 3.78. The lowest BCUT2D eigenvalue weighted by molar-refractivity contribution is 0.135. The lowest BCUT2D eigenvalue weighted by Crippen LogP contribution is -2.42. The van der Waals surface area contributed by atoms with E-state index in [0.717, 1.165) is 44.1 Å². The highest BCUT2D eigenvalue weighted by molar-refractivity contribution is 7.89. The van der Waals surface area contributed by atoms with Gasteiger partial charge in [0.15, 0.2) is 0 Å². The van der Waals surface area contributed by atoms with Gasteiger partial charge in [-0.25, -0.2) is 21.9 Å². The maximum absolute atomic E-state index is 13.7. The van der Waals surface area contributed by atoms with E-state index < -0.39 is 26.6 Å². The molecule has 1 aromatic rings. The van der Waals surface area contributed by atoms with E-state index >= 15 is 0 Å². The highest BCUT2D eigenvalue weighted by Gasteiger charge is 2.28. The van der Waals surface area contributed by atoms with E-state index in [9.17, 15) is 17.2 Å². The first-order valence-corrected chi connectivity index (χ1v) is 10.1. The zero-order valence-electron chi connectivity index (χ0n) is 13.7. The SMILES string of the molecule is O=S(=O)(NCC1CCN(C2CCCC2)CC1)c1cc(F)ccc1F. The molecule has 3 rings (SSSR count). The van der Waals surface area contributed by atoms with Gasteiger partial charge in [0, 0.05) is 12.6 Å². The summed E-state index contributed by atoms with van der Waals surface area (Å²) in [6.45, 7) is 2.26. The Balaban J connectivity index is 1.53. The minimum atomic E-state index is -4.02. The van der Waals surface area contributed by atoms with Crippen molar-refractivity contribution in [1.82, 2.24) is 9.62 Å². The summed E-state index contributed by atoms with van der Waals surface area (Å²) in [5.74, 6) is -1.45. The summed E-state index contributed by atoms with van der Waals surface area (Å²) in [7, 11) is -4.02. The molecule has 0 bridgehead atoms. The number of rotatable bonds is 5. The lowest BCUT2D eigenvalue weighted by Gasteiger charge is -2.36. The van der Waals surface area contributed by atoms with Crippen LogP contribution in [0.1, 0.15) is 38.5 Å². The van der Waals surface area contributed by atoms with Gasteiger partial charge in [-0.1, -0.05) is 12.8 Å². The van der Waals surface area contributed by atoms with Gasteiger partial charge < -0.3 is 4.90 Å². The minimum absolute atomic E-state index is 0.244. The number of nitrogens with zero attached hydrogens (tertiary/aromatic N) is 1. The quantitative estimate of drug-likeness (QED) is 0.880. The van der Waals surface area contributed by atoms with Gasteiger partial charge in [-0.3, -0.25) is 0 Å². The van der Waals surface area contributed by atoms with Crippen LogP contribution < -0.4 is 4.72 Å². The van der Waals surface area contributed by atoms with Gasteiger partial charge in [-0.2, -0.15) is 0 Å². The molecule has 1 heterocycles. The third-order valence-corrected chi connectivity index (χ3v) is 6.67. The number of sulfonamides is 1. The second-order valence-electron chi connectivity index (χ2n) is 6.84. The molecule has 0 aromatic heterocycles. The van der Waals surface area contributed by atoms with E-state index in [1.807, 2.05) is 0 Å². The third-order valence-electron chi connectivity index (χ3n) is 5.24. The molecule has 1 N–H and O–H groups in total. The van der Waals surface area contributed by atoms with Crippen LogP contribution >= 0.6 is 0 Å². The van der Waals surface area contributed by atoms with Gasteiger partial charge in [0.1, 0.15) is 16.5 Å². The standard InChI is InChI=1S/C17H24F2N2O2S/c18-14-5-6-16(19)17(11-14)24(22,23)20-12-13-7-9-21(10-8-13)15-3-1-2-4-15/h5-6,11,13,15,20H,1-4,7-10,12H2. The van der Waals surface area contributed by atoms with Crippen LogP contribution in [-0.2, 0) is 10.0 Å². The summed E-state index contributed by atoms with van der Waals surface area (Å²) in [5.41, 5.74) is 0. The van der Waals surface area contributed by atoms with E-state index in [4.69, 9.17) is 0 Å². The fraction of sp³-hybridized carbons (Fsp3) is 0.647. The predicted octanol–water partition coefficient (Wildman–Crippen LogP) is 2.90. The molecule has 0 atom stereocenters. The van der Waals surface area contributed by atoms with Crippen molar-refractivity contribution in [3.8, 4) is 0 Å². The summed E-state index contributed by atoms with van der Waals surface area (Å²) in [6.07, 6.45) is 7.04. The first-order chi connectivity index (χ1) is 11.5. The van der Waals surface area contributed by atoms with Crippen LogP contribution in [0, 0.1) is 17.6 Å². The maximum Gasteiger partial charge on any atom is 0.243 e. The third kappa shape index (κ3) is 4.13. The summed E-state index contributed by atoms with van der Waals surface area (Å²) < 4.78 is 53.7. The molecule has 24 heavy (non-hydrogen) atoms. The van der Waals surface area contributed by atoms with Gasteiger partial charge >= 0.3 is 0 Å². The topological polar surface area (TPSA) is 49.4 Å². The monoisotopic (exact) mass is 358 g/mol. The van der Waals surface area contributed by atoms with Crippen molar-refractivity contribution in [2.75, 3.05) is 19.6 Å². The van der Waals surface area contributed by atoms with Crippen LogP contribution in [0.25, 0.3) is 0 Å². The van der Waals surface area contributed by atoms with E-state index in [0.29, 0.717) is 6.04 Å². The zero-order valence-corrected chi connectivity index (χ0v) is 14.5. The van der Waals surface area contributed by atoms with Crippen LogP contribution in [0.5, 0.6) is 0 Å². The largest absolute Gasteiger partial charge is 0.300 e. The molecule has 1 aliphatic carbocycles. The molecule has 0 unspecified atom stereocenters. The highest BCUT2D eigenvalue weighted by Crippen LogP contribution is 2.28. The Morgan fingerprint density at radius 1 is 1.08 bits per heavy atom. The van der Waals surface area contributed by atoms with Crippen molar-refractivity contribution in [3.63, 3.8) is 0 Å². The maximum atomic E-state index is 13.7. The van der Waals surface area contributed by atoms with Crippen LogP contribution in [0.4, 0.5) is 8.78 Å². The Labute approximate surface area is 142 Å². The molecular weight excluding hydrogens is 334 g/mol. The smallest absolute Gasteiger partial charge is 0.243 e. The first-order valence-electron chi connectivity index (χ1n) is 8.64. The average molecular weight is 358 g/mol. The van der Waals surface area contributed by atoms with Crippen LogP contribution in [0.15, 0.2) is 23.1 Å². The number of hydrogen-bond donors (Lipinski definition) is 1. The predicted molar refractivity (Wildman–Crippen MR) is 88.1 cm³/mol. The number of piperidine rings is 1. The van der Waals surface area contributed by atoms with E-state index in [-0.39, 0.29) is 12.5 Å². The molecule has 0 amide bonds. The number of hydrogen-bond acceptors (Lipinski definition) is 3. The first kappa shape index (κ1) is 17.8. The second kappa shape index (κ2) is 7.45. The molecule has 1 saturated carbocycles. The molecular formula is C17H24F2N2O2S. The molecule has 0 radical (unpaired) electrons. The zero-order chi connectivity index (χ0) is 17.2. The number of nitrogens with one attached hydrogen (secondary N) is 1. The summed E-state index contributed by atoms with van der Waals surface area (Å²) >= 11 is 0. The van der Waals surface area contributed by atoms with Crippen LogP contribution in [-0.4, -0.2) is 39.0 Å². The van der Waals surface area contributed by atoms with Crippen molar-refractivity contribution in [1.29, 1.82) is 0 Å². The molecule has 1 aromatic carbocycles. The summed E-state index contributed by atoms with van der Waals surface area (Å²) in [5, 5.41) is 0. The number of halogens is 2. The fourth-order valence-corrected chi connectivity index (χ4v) is 4.98. The molecule has 2 fully saturated rings. The number of likely N-dealkylation sites (tertiary alicyclic amines) is 1. The molecule has 4 nitrogen and oxygen atoms in total. The molecule has 0 spiro atoms. The Bertz CT molecular complexity index is 667. The van der Waals surface area contributed by atoms with Gasteiger partial charge in [0.25, 0.3) is 0 Å². The van der Waals surface area contributed by atoms with Crippen LogP contribution in [0.3, 0.4) is 0 Å². The lowest BCUT2D eigenvalue weighted by atomic mass is 9.96. The van der Waals surface area contributed by atoms with Crippen molar-refractivity contribution >= 4 is 10.0 Å². The average Bonchev–Trinajstić information content (AvgIpc) is 3.10. The van der Waals surface area contributed by atoms with E-state index in [2.05, 4.69) is 9.62 Å². The molecule has 2 aliphatic rings. The number of benzene rings is 1. The van der Waals surface area contributed by atoms with Gasteiger partial charge in [0.05, 0.1) is 0 Å². The Morgan fingerprint density at radius 3 is 2.42 bits per heavy atom. The Kier molecular flexibility index (Phi) is 5.52. The molecule has 1 saturated heterocycles. The summed E-state index contributed by atoms with van der Waals surface area (Å²) in [4.78, 5) is 1.90. The Morgan fingerprint density at radius 2 is 1.75 bits per heavy atom. The highest BCUT2D eigenvalue weighted by atomic mass is 32.2. The normalized spacial score (nSPS) is 21.4. The van der Waals surface area contributed by atoms with Crippen molar-refractivity contribution in [2.45, 2.75) is 49.5 Å². The van der Waals surface area contributed by atoms with Gasteiger partial charge in [-0.05, 0) is 62.9 Å². The second-order valence-corrected chi connectivity index (χ2v) is 8.58. The minimum Gasteiger partial charge on any atom is -0.300 e. The van der Waals surface area contributed by atoms with Crippen LogP contribution in [0.2, 0.25) is 0 Å².